The molecular weight excluding hydrogens is 318 g/mol. The predicted octanol–water partition coefficient (Wildman–Crippen LogP) is 1.60. The molecule has 1 aliphatic rings. The largest absolute Gasteiger partial charge is 0.350 e. The summed E-state index contributed by atoms with van der Waals surface area (Å²) >= 11 is 0. The Hall–Kier alpha value is -2.89. The Kier molecular flexibility index (Phi) is 4.97. The molecule has 0 saturated carbocycles. The molecule has 0 aliphatic carbocycles. The first-order valence-corrected chi connectivity index (χ1v) is 8.36. The lowest BCUT2D eigenvalue weighted by molar-refractivity contribution is -0.122. The first-order valence-electron chi connectivity index (χ1n) is 8.36. The van der Waals surface area contributed by atoms with Gasteiger partial charge in [-0.05, 0) is 42.7 Å². The molecule has 6 nitrogen and oxygen atoms in total. The molecule has 130 valence electrons. The fourth-order valence-electron chi connectivity index (χ4n) is 2.90. The van der Waals surface area contributed by atoms with Gasteiger partial charge in [0.2, 0.25) is 11.8 Å². The molecule has 0 unspecified atom stereocenters. The van der Waals surface area contributed by atoms with Crippen LogP contribution in [-0.2, 0) is 22.7 Å². The number of carbonyl (C=O) groups excluding carboxylic acids is 2. The summed E-state index contributed by atoms with van der Waals surface area (Å²) in [7, 11) is 0. The quantitative estimate of drug-likeness (QED) is 0.899. The molecule has 1 aromatic heterocycles. The van der Waals surface area contributed by atoms with Gasteiger partial charge in [-0.3, -0.25) is 14.4 Å². The van der Waals surface area contributed by atoms with E-state index < -0.39 is 0 Å². The SMILES string of the molecule is Cc1ccn(CC(=O)NCc2cccc(N3CCCC3=O)c2)c(=O)c1. The highest BCUT2D eigenvalue weighted by Gasteiger charge is 2.21. The Labute approximate surface area is 146 Å². The fourth-order valence-corrected chi connectivity index (χ4v) is 2.90. The molecule has 6 heteroatoms. The number of pyridine rings is 1. The van der Waals surface area contributed by atoms with Gasteiger partial charge in [-0.15, -0.1) is 0 Å². The van der Waals surface area contributed by atoms with Gasteiger partial charge >= 0.3 is 0 Å². The summed E-state index contributed by atoms with van der Waals surface area (Å²) < 4.78 is 1.38. The average Bonchev–Trinajstić information content (AvgIpc) is 3.02. The molecule has 2 heterocycles. The molecule has 1 saturated heterocycles. The molecule has 1 aromatic carbocycles. The summed E-state index contributed by atoms with van der Waals surface area (Å²) in [6.07, 6.45) is 3.09. The Morgan fingerprint density at radius 2 is 2.04 bits per heavy atom. The van der Waals surface area contributed by atoms with E-state index in [4.69, 9.17) is 0 Å². The molecule has 25 heavy (non-hydrogen) atoms. The van der Waals surface area contributed by atoms with Crippen LogP contribution in [-0.4, -0.2) is 22.9 Å². The zero-order valence-electron chi connectivity index (χ0n) is 14.2. The van der Waals surface area contributed by atoms with Crippen LogP contribution in [0.2, 0.25) is 0 Å². The van der Waals surface area contributed by atoms with Crippen LogP contribution in [0.3, 0.4) is 0 Å². The maximum Gasteiger partial charge on any atom is 0.251 e. The van der Waals surface area contributed by atoms with E-state index in [2.05, 4.69) is 5.32 Å². The third-order valence-electron chi connectivity index (χ3n) is 4.25. The summed E-state index contributed by atoms with van der Waals surface area (Å²) in [5, 5.41) is 2.82. The summed E-state index contributed by atoms with van der Waals surface area (Å²) in [5.74, 6) is -0.0893. The number of hydrogen-bond acceptors (Lipinski definition) is 3. The number of aryl methyl sites for hydroxylation is 1. The first-order chi connectivity index (χ1) is 12.0. The van der Waals surface area contributed by atoms with Crippen molar-refractivity contribution in [3.63, 3.8) is 0 Å². The molecule has 2 aromatic rings. The zero-order chi connectivity index (χ0) is 17.8. The van der Waals surface area contributed by atoms with Crippen molar-refractivity contribution in [2.75, 3.05) is 11.4 Å². The molecular formula is C19H21N3O3. The minimum absolute atomic E-state index is 0.0105. The van der Waals surface area contributed by atoms with Gasteiger partial charge in [0.15, 0.2) is 0 Å². The molecule has 2 amide bonds. The predicted molar refractivity (Wildman–Crippen MR) is 95.3 cm³/mol. The second-order valence-electron chi connectivity index (χ2n) is 6.27. The van der Waals surface area contributed by atoms with Crippen LogP contribution < -0.4 is 15.8 Å². The van der Waals surface area contributed by atoms with Crippen LogP contribution in [0.1, 0.15) is 24.0 Å². The fraction of sp³-hybridized carbons (Fsp3) is 0.316. The van der Waals surface area contributed by atoms with Gasteiger partial charge in [-0.1, -0.05) is 12.1 Å². The molecule has 0 spiro atoms. The lowest BCUT2D eigenvalue weighted by atomic mass is 10.2. The van der Waals surface area contributed by atoms with Crippen molar-refractivity contribution in [1.29, 1.82) is 0 Å². The number of nitrogens with zero attached hydrogens (tertiary/aromatic N) is 2. The van der Waals surface area contributed by atoms with Gasteiger partial charge in [0.1, 0.15) is 6.54 Å². The highest BCUT2D eigenvalue weighted by atomic mass is 16.2. The summed E-state index contributed by atoms with van der Waals surface area (Å²) in [4.78, 5) is 37.5. The van der Waals surface area contributed by atoms with E-state index in [0.29, 0.717) is 13.0 Å². The molecule has 0 atom stereocenters. The monoisotopic (exact) mass is 339 g/mol. The molecule has 1 aliphatic heterocycles. The smallest absolute Gasteiger partial charge is 0.251 e. The Bertz CT molecular complexity index is 857. The van der Waals surface area contributed by atoms with E-state index in [1.165, 1.54) is 10.6 Å². The topological polar surface area (TPSA) is 71.4 Å². The number of anilines is 1. The van der Waals surface area contributed by atoms with Gasteiger partial charge in [-0.2, -0.15) is 0 Å². The van der Waals surface area contributed by atoms with Crippen molar-refractivity contribution in [2.45, 2.75) is 32.9 Å². The summed E-state index contributed by atoms with van der Waals surface area (Å²) in [5.41, 5.74) is 2.46. The highest BCUT2D eigenvalue weighted by Crippen LogP contribution is 2.22. The van der Waals surface area contributed by atoms with Gasteiger partial charge in [0.25, 0.3) is 5.56 Å². The van der Waals surface area contributed by atoms with Crippen LogP contribution in [0.25, 0.3) is 0 Å². The number of benzene rings is 1. The number of nitrogens with one attached hydrogen (secondary N) is 1. The standard InChI is InChI=1S/C19H21N3O3/c1-14-7-9-21(19(25)10-14)13-17(23)20-12-15-4-2-5-16(11-15)22-8-3-6-18(22)24/h2,4-5,7,9-11H,3,6,8,12-13H2,1H3,(H,20,23). The van der Waals surface area contributed by atoms with Crippen molar-refractivity contribution < 1.29 is 9.59 Å². The Morgan fingerprint density at radius 3 is 2.76 bits per heavy atom. The number of aromatic nitrogens is 1. The third-order valence-corrected chi connectivity index (χ3v) is 4.25. The number of carbonyl (C=O) groups is 2. The van der Waals surface area contributed by atoms with Crippen LogP contribution >= 0.6 is 0 Å². The summed E-state index contributed by atoms with van der Waals surface area (Å²) in [6, 6.07) is 10.9. The van der Waals surface area contributed by atoms with Crippen LogP contribution in [0, 0.1) is 6.92 Å². The maximum absolute atomic E-state index is 12.1. The van der Waals surface area contributed by atoms with Crippen molar-refractivity contribution in [3.8, 4) is 0 Å². The lowest BCUT2D eigenvalue weighted by Gasteiger charge is -2.16. The van der Waals surface area contributed by atoms with E-state index in [1.807, 2.05) is 31.2 Å². The normalized spacial score (nSPS) is 14.0. The van der Waals surface area contributed by atoms with Crippen molar-refractivity contribution in [2.24, 2.45) is 0 Å². The summed E-state index contributed by atoms with van der Waals surface area (Å²) in [6.45, 7) is 2.92. The number of amides is 2. The lowest BCUT2D eigenvalue weighted by Crippen LogP contribution is -2.31. The number of hydrogen-bond donors (Lipinski definition) is 1. The van der Waals surface area contributed by atoms with E-state index in [9.17, 15) is 14.4 Å². The Balaban J connectivity index is 1.60. The highest BCUT2D eigenvalue weighted by molar-refractivity contribution is 5.95. The van der Waals surface area contributed by atoms with Crippen molar-refractivity contribution >= 4 is 17.5 Å². The second-order valence-corrected chi connectivity index (χ2v) is 6.27. The molecule has 1 N–H and O–H groups in total. The average molecular weight is 339 g/mol. The minimum atomic E-state index is -0.228. The van der Waals surface area contributed by atoms with E-state index in [1.54, 1.807) is 17.2 Å². The van der Waals surface area contributed by atoms with E-state index >= 15 is 0 Å². The van der Waals surface area contributed by atoms with Crippen LogP contribution in [0.15, 0.2) is 47.4 Å². The minimum Gasteiger partial charge on any atom is -0.350 e. The Morgan fingerprint density at radius 1 is 1.20 bits per heavy atom. The van der Waals surface area contributed by atoms with Crippen LogP contribution in [0.4, 0.5) is 5.69 Å². The van der Waals surface area contributed by atoms with E-state index in [0.717, 1.165) is 29.8 Å². The van der Waals surface area contributed by atoms with E-state index in [-0.39, 0.29) is 23.9 Å². The van der Waals surface area contributed by atoms with Gasteiger partial charge in [0, 0.05) is 37.5 Å². The van der Waals surface area contributed by atoms with Gasteiger partial charge < -0.3 is 14.8 Å². The molecule has 3 rings (SSSR count). The van der Waals surface area contributed by atoms with Crippen molar-refractivity contribution in [3.05, 3.63) is 64.1 Å². The molecule has 1 fully saturated rings. The van der Waals surface area contributed by atoms with Crippen molar-refractivity contribution in [1.82, 2.24) is 9.88 Å². The second kappa shape index (κ2) is 7.34. The first kappa shape index (κ1) is 17.0. The maximum atomic E-state index is 12.1. The zero-order valence-corrected chi connectivity index (χ0v) is 14.2. The van der Waals surface area contributed by atoms with Gasteiger partial charge in [-0.25, -0.2) is 0 Å². The number of rotatable bonds is 5. The molecule has 0 radical (unpaired) electrons. The van der Waals surface area contributed by atoms with Gasteiger partial charge in [0.05, 0.1) is 0 Å². The molecule has 0 bridgehead atoms. The van der Waals surface area contributed by atoms with Crippen LogP contribution in [0.5, 0.6) is 0 Å². The third kappa shape index (κ3) is 4.15.